The van der Waals surface area contributed by atoms with E-state index in [1.807, 2.05) is 57.2 Å². The maximum Gasteiger partial charge on any atom is 0.264 e. The minimum Gasteiger partial charge on any atom is -0.375 e. The number of ketones is 1. The quantitative estimate of drug-likeness (QED) is 0.931. The first-order chi connectivity index (χ1) is 11.7. The molecule has 0 aromatic heterocycles. The number of benzene rings is 2. The van der Waals surface area contributed by atoms with Crippen LogP contribution in [0.4, 0.5) is 5.69 Å². The average molecular weight is 337 g/mol. The summed E-state index contributed by atoms with van der Waals surface area (Å²) in [6.45, 7) is 7.64. The number of aliphatic hydroxyl groups is 1. The lowest BCUT2D eigenvalue weighted by atomic mass is 9.88. The summed E-state index contributed by atoms with van der Waals surface area (Å²) in [5, 5.41) is 11.1. The molecule has 3 rings (SSSR count). The van der Waals surface area contributed by atoms with E-state index in [9.17, 15) is 14.7 Å². The third kappa shape index (κ3) is 2.98. The van der Waals surface area contributed by atoms with Crippen LogP contribution < -0.4 is 4.90 Å². The number of anilines is 1. The van der Waals surface area contributed by atoms with Crippen LogP contribution in [0.15, 0.2) is 36.4 Å². The molecule has 4 nitrogen and oxygen atoms in total. The van der Waals surface area contributed by atoms with Crippen molar-refractivity contribution in [2.45, 2.75) is 46.3 Å². The van der Waals surface area contributed by atoms with Crippen LogP contribution in [-0.2, 0) is 21.7 Å². The Labute approximate surface area is 148 Å². The highest BCUT2D eigenvalue weighted by atomic mass is 16.3. The van der Waals surface area contributed by atoms with E-state index in [0.29, 0.717) is 12.1 Å². The Morgan fingerprint density at radius 3 is 2.32 bits per heavy atom. The van der Waals surface area contributed by atoms with Gasteiger partial charge in [-0.05, 0) is 38.8 Å². The second-order valence-corrected chi connectivity index (χ2v) is 7.09. The van der Waals surface area contributed by atoms with E-state index in [1.165, 1.54) is 6.92 Å². The second kappa shape index (κ2) is 6.12. The molecule has 0 radical (unpaired) electrons. The van der Waals surface area contributed by atoms with Crippen LogP contribution >= 0.6 is 0 Å². The Morgan fingerprint density at radius 2 is 1.72 bits per heavy atom. The molecule has 0 fully saturated rings. The molecule has 1 N–H and O–H groups in total. The fourth-order valence-electron chi connectivity index (χ4n) is 3.63. The highest BCUT2D eigenvalue weighted by Crippen LogP contribution is 2.45. The van der Waals surface area contributed by atoms with E-state index in [4.69, 9.17) is 0 Å². The number of carbonyl (C=O) groups excluding carboxylic acids is 2. The van der Waals surface area contributed by atoms with E-state index in [-0.39, 0.29) is 12.2 Å². The monoisotopic (exact) mass is 337 g/mol. The smallest absolute Gasteiger partial charge is 0.264 e. The van der Waals surface area contributed by atoms with Gasteiger partial charge in [-0.25, -0.2) is 0 Å². The Hall–Kier alpha value is -2.46. The minimum absolute atomic E-state index is 0.202. The van der Waals surface area contributed by atoms with Crippen LogP contribution in [0.3, 0.4) is 0 Å². The minimum atomic E-state index is -1.78. The van der Waals surface area contributed by atoms with Gasteiger partial charge in [0.15, 0.2) is 5.60 Å². The van der Waals surface area contributed by atoms with E-state index in [2.05, 4.69) is 0 Å². The van der Waals surface area contributed by atoms with Gasteiger partial charge in [-0.3, -0.25) is 9.59 Å². The number of nitrogens with zero attached hydrogens (tertiary/aromatic N) is 1. The molecule has 4 heteroatoms. The molecule has 1 aliphatic heterocycles. The normalized spacial score (nSPS) is 19.2. The maximum absolute atomic E-state index is 13.1. The van der Waals surface area contributed by atoms with Crippen molar-refractivity contribution in [1.29, 1.82) is 0 Å². The van der Waals surface area contributed by atoms with Gasteiger partial charge < -0.3 is 10.0 Å². The largest absolute Gasteiger partial charge is 0.375 e. The molecule has 1 atom stereocenters. The predicted molar refractivity (Wildman–Crippen MR) is 97.5 cm³/mol. The van der Waals surface area contributed by atoms with Gasteiger partial charge in [-0.2, -0.15) is 0 Å². The Balaban J connectivity index is 2.10. The number of rotatable bonds is 4. The van der Waals surface area contributed by atoms with Crippen LogP contribution in [0.2, 0.25) is 0 Å². The summed E-state index contributed by atoms with van der Waals surface area (Å²) in [6.07, 6.45) is -0.202. The molecule has 130 valence electrons. The van der Waals surface area contributed by atoms with Crippen molar-refractivity contribution < 1.29 is 14.7 Å². The van der Waals surface area contributed by atoms with Crippen molar-refractivity contribution in [3.05, 3.63) is 64.2 Å². The molecule has 25 heavy (non-hydrogen) atoms. The second-order valence-electron chi connectivity index (χ2n) is 7.09. The number of amides is 1. The summed E-state index contributed by atoms with van der Waals surface area (Å²) in [5.74, 6) is -0.634. The van der Waals surface area contributed by atoms with Crippen LogP contribution in [0, 0.1) is 20.8 Å². The van der Waals surface area contributed by atoms with Crippen molar-refractivity contribution in [3.8, 4) is 0 Å². The molecule has 1 amide bonds. The topological polar surface area (TPSA) is 57.6 Å². The average Bonchev–Trinajstić information content (AvgIpc) is 2.71. The number of hydrogen-bond donors (Lipinski definition) is 1. The zero-order valence-corrected chi connectivity index (χ0v) is 15.1. The van der Waals surface area contributed by atoms with Crippen molar-refractivity contribution in [3.63, 3.8) is 0 Å². The van der Waals surface area contributed by atoms with E-state index >= 15 is 0 Å². The molecule has 0 saturated carbocycles. The highest BCUT2D eigenvalue weighted by Gasteiger charge is 2.51. The number of fused-ring (bicyclic) bond motifs is 1. The van der Waals surface area contributed by atoms with E-state index < -0.39 is 11.5 Å². The third-order valence-electron chi connectivity index (χ3n) is 4.73. The van der Waals surface area contributed by atoms with Gasteiger partial charge in [0.25, 0.3) is 5.91 Å². The fraction of sp³-hybridized carbons (Fsp3) is 0.333. The maximum atomic E-state index is 13.1. The number of aryl methyl sites for hydroxylation is 3. The molecule has 0 saturated heterocycles. The summed E-state index contributed by atoms with van der Waals surface area (Å²) in [6, 6.07) is 11.8. The van der Waals surface area contributed by atoms with Crippen molar-refractivity contribution >= 4 is 17.4 Å². The van der Waals surface area contributed by atoms with Gasteiger partial charge in [0.1, 0.15) is 5.78 Å². The van der Waals surface area contributed by atoms with E-state index in [1.54, 1.807) is 4.90 Å². The first-order valence-electron chi connectivity index (χ1n) is 8.43. The first kappa shape index (κ1) is 17.4. The number of hydrogen-bond acceptors (Lipinski definition) is 3. The summed E-state index contributed by atoms with van der Waals surface area (Å²) in [5.41, 5.74) is 3.51. The number of carbonyl (C=O) groups is 2. The molecule has 2 aromatic carbocycles. The van der Waals surface area contributed by atoms with Crippen molar-refractivity contribution in [1.82, 2.24) is 0 Å². The van der Waals surface area contributed by atoms with Gasteiger partial charge in [0, 0.05) is 12.0 Å². The van der Waals surface area contributed by atoms with Crippen molar-refractivity contribution in [2.75, 3.05) is 4.90 Å². The Morgan fingerprint density at radius 1 is 1.08 bits per heavy atom. The summed E-state index contributed by atoms with van der Waals surface area (Å²) in [4.78, 5) is 26.4. The molecule has 1 aliphatic rings. The standard InChI is InChI=1S/C21H23NO3/c1-13-5-7-17(8-6-13)12-22-19-15(3)9-14(2)10-18(19)21(25,20(22)24)11-16(4)23/h5-10,25H,11-12H2,1-4H3/t21-/m0/s1. The van der Waals surface area contributed by atoms with Gasteiger partial charge in [-0.1, -0.05) is 47.5 Å². The van der Waals surface area contributed by atoms with Crippen LogP contribution in [0.1, 0.15) is 41.2 Å². The lowest BCUT2D eigenvalue weighted by Gasteiger charge is -2.22. The summed E-state index contributed by atoms with van der Waals surface area (Å²) >= 11 is 0. The van der Waals surface area contributed by atoms with Crippen LogP contribution in [0.5, 0.6) is 0 Å². The third-order valence-corrected chi connectivity index (χ3v) is 4.73. The molecule has 0 spiro atoms. The molecule has 0 unspecified atom stereocenters. The molecule has 0 bridgehead atoms. The zero-order valence-electron chi connectivity index (χ0n) is 15.1. The Bertz CT molecular complexity index is 854. The van der Waals surface area contributed by atoms with Gasteiger partial charge >= 0.3 is 0 Å². The lowest BCUT2D eigenvalue weighted by molar-refractivity contribution is -0.141. The molecular weight excluding hydrogens is 314 g/mol. The van der Waals surface area contributed by atoms with Gasteiger partial charge in [0.2, 0.25) is 0 Å². The van der Waals surface area contributed by atoms with Crippen LogP contribution in [0.25, 0.3) is 0 Å². The van der Waals surface area contributed by atoms with Gasteiger partial charge in [-0.15, -0.1) is 0 Å². The van der Waals surface area contributed by atoms with E-state index in [0.717, 1.165) is 27.9 Å². The summed E-state index contributed by atoms with van der Waals surface area (Å²) < 4.78 is 0. The SMILES string of the molecule is CC(=O)C[C@@]1(O)C(=O)N(Cc2ccc(C)cc2)c2c(C)cc(C)cc21. The predicted octanol–water partition coefficient (Wildman–Crippen LogP) is 3.33. The Kier molecular flexibility index (Phi) is 4.25. The lowest BCUT2D eigenvalue weighted by Crippen LogP contribution is -2.41. The molecule has 2 aromatic rings. The first-order valence-corrected chi connectivity index (χ1v) is 8.43. The molecule has 1 heterocycles. The fourth-order valence-corrected chi connectivity index (χ4v) is 3.63. The highest BCUT2D eigenvalue weighted by molar-refractivity contribution is 6.09. The molecular formula is C21H23NO3. The van der Waals surface area contributed by atoms with Gasteiger partial charge in [0.05, 0.1) is 12.2 Å². The molecule has 0 aliphatic carbocycles. The zero-order chi connectivity index (χ0) is 18.4. The van der Waals surface area contributed by atoms with Crippen LogP contribution in [-0.4, -0.2) is 16.8 Å². The summed E-state index contributed by atoms with van der Waals surface area (Å²) in [7, 11) is 0. The number of Topliss-reactive ketones (excluding diaryl/α,β-unsaturated/α-hetero) is 1. The van der Waals surface area contributed by atoms with Crippen molar-refractivity contribution in [2.24, 2.45) is 0 Å².